The van der Waals surface area contributed by atoms with Crippen molar-refractivity contribution >= 4 is 39.7 Å². The van der Waals surface area contributed by atoms with Crippen molar-refractivity contribution in [2.75, 3.05) is 5.33 Å². The highest BCUT2D eigenvalue weighted by Gasteiger charge is 2.28. The molecule has 0 saturated heterocycles. The van der Waals surface area contributed by atoms with Crippen LogP contribution in [0.15, 0.2) is 30.3 Å². The zero-order valence-electron chi connectivity index (χ0n) is 16.7. The number of carboxylic acids is 1. The van der Waals surface area contributed by atoms with E-state index >= 15 is 0 Å². The number of amides is 2. The third-order valence-corrected chi connectivity index (χ3v) is 4.39. The Hall–Kier alpha value is -2.42. The molecule has 0 aliphatic heterocycles. The van der Waals surface area contributed by atoms with Crippen LogP contribution in [0.2, 0.25) is 0 Å². The molecule has 0 aliphatic rings. The molecule has 0 heterocycles. The molecule has 29 heavy (non-hydrogen) atoms. The van der Waals surface area contributed by atoms with Crippen LogP contribution in [-0.2, 0) is 25.5 Å². The third kappa shape index (κ3) is 10.1. The first kappa shape index (κ1) is 24.6. The minimum Gasteiger partial charge on any atom is -0.480 e. The van der Waals surface area contributed by atoms with Gasteiger partial charge < -0.3 is 20.5 Å². The number of ketones is 1. The zero-order valence-corrected chi connectivity index (χ0v) is 18.3. The lowest BCUT2D eigenvalue weighted by atomic mass is 10.0. The van der Waals surface area contributed by atoms with E-state index in [4.69, 9.17) is 4.74 Å². The van der Waals surface area contributed by atoms with E-state index in [1.54, 1.807) is 45.0 Å². The third-order valence-electron chi connectivity index (χ3n) is 3.77. The zero-order chi connectivity index (χ0) is 22.0. The molecular weight excluding hydrogens is 444 g/mol. The van der Waals surface area contributed by atoms with E-state index in [2.05, 4.69) is 26.6 Å². The predicted octanol–water partition coefficient (Wildman–Crippen LogP) is 2.44. The van der Waals surface area contributed by atoms with Crippen LogP contribution in [-0.4, -0.2) is 51.9 Å². The Morgan fingerprint density at radius 3 is 2.21 bits per heavy atom. The van der Waals surface area contributed by atoms with E-state index in [0.29, 0.717) is 0 Å². The fraction of sp³-hybridized carbons (Fsp3) is 0.500. The number of aliphatic carboxylic acids is 1. The van der Waals surface area contributed by atoms with Gasteiger partial charge in [-0.2, -0.15) is 0 Å². The Kier molecular flexibility index (Phi) is 9.80. The topological polar surface area (TPSA) is 122 Å². The van der Waals surface area contributed by atoms with Crippen molar-refractivity contribution in [2.45, 2.75) is 57.7 Å². The number of benzene rings is 1. The van der Waals surface area contributed by atoms with Gasteiger partial charge in [0.05, 0.1) is 5.33 Å². The van der Waals surface area contributed by atoms with Gasteiger partial charge in [-0.3, -0.25) is 9.59 Å². The molecule has 0 fully saturated rings. The van der Waals surface area contributed by atoms with Crippen LogP contribution in [0.3, 0.4) is 0 Å². The maximum atomic E-state index is 12.7. The summed E-state index contributed by atoms with van der Waals surface area (Å²) in [5, 5.41) is 14.4. The molecule has 2 amide bonds. The molecular formula is C20H27BrN2O6. The maximum absolute atomic E-state index is 12.7. The molecule has 0 aromatic heterocycles. The van der Waals surface area contributed by atoms with Gasteiger partial charge in [0.1, 0.15) is 23.5 Å². The number of hydrogen-bond donors (Lipinski definition) is 3. The number of carbonyl (C=O) groups excluding carboxylic acids is 3. The fourth-order valence-corrected chi connectivity index (χ4v) is 2.69. The molecule has 8 nitrogen and oxygen atoms in total. The quantitative estimate of drug-likeness (QED) is 0.451. The van der Waals surface area contributed by atoms with Crippen molar-refractivity contribution < 1.29 is 29.0 Å². The van der Waals surface area contributed by atoms with Crippen molar-refractivity contribution in [1.82, 2.24) is 10.6 Å². The fourth-order valence-electron chi connectivity index (χ4n) is 2.41. The number of hydrogen-bond acceptors (Lipinski definition) is 5. The highest BCUT2D eigenvalue weighted by Crippen LogP contribution is 2.09. The smallest absolute Gasteiger partial charge is 0.408 e. The summed E-state index contributed by atoms with van der Waals surface area (Å²) in [6, 6.07) is 6.71. The highest BCUT2D eigenvalue weighted by molar-refractivity contribution is 9.09. The Morgan fingerprint density at radius 1 is 1.07 bits per heavy atom. The van der Waals surface area contributed by atoms with Crippen molar-refractivity contribution in [3.05, 3.63) is 35.9 Å². The van der Waals surface area contributed by atoms with Gasteiger partial charge >= 0.3 is 12.1 Å². The van der Waals surface area contributed by atoms with Crippen LogP contribution in [0.4, 0.5) is 4.79 Å². The van der Waals surface area contributed by atoms with E-state index in [-0.39, 0.29) is 30.4 Å². The number of ether oxygens (including phenoxy) is 1. The molecule has 2 atom stereocenters. The van der Waals surface area contributed by atoms with Crippen LogP contribution in [0.25, 0.3) is 0 Å². The molecule has 160 valence electrons. The number of nitrogens with one attached hydrogen (secondary N) is 2. The number of halogens is 1. The van der Waals surface area contributed by atoms with Crippen LogP contribution < -0.4 is 10.6 Å². The molecule has 0 aliphatic carbocycles. The first-order valence-corrected chi connectivity index (χ1v) is 10.3. The van der Waals surface area contributed by atoms with Gasteiger partial charge in [-0.15, -0.1) is 0 Å². The van der Waals surface area contributed by atoms with E-state index in [0.717, 1.165) is 5.56 Å². The van der Waals surface area contributed by atoms with Gasteiger partial charge in [-0.05, 0) is 32.8 Å². The number of rotatable bonds is 10. The minimum absolute atomic E-state index is 0.00530. The van der Waals surface area contributed by atoms with Gasteiger partial charge in [0.15, 0.2) is 0 Å². The largest absolute Gasteiger partial charge is 0.480 e. The van der Waals surface area contributed by atoms with Crippen molar-refractivity contribution in [1.29, 1.82) is 0 Å². The second-order valence-electron chi connectivity index (χ2n) is 7.50. The lowest BCUT2D eigenvalue weighted by Gasteiger charge is -2.24. The number of carboxylic acid groups (broad SMARTS) is 1. The van der Waals surface area contributed by atoms with E-state index in [9.17, 15) is 24.3 Å². The first-order valence-electron chi connectivity index (χ1n) is 9.16. The molecule has 1 aromatic rings. The van der Waals surface area contributed by atoms with E-state index < -0.39 is 35.7 Å². The summed E-state index contributed by atoms with van der Waals surface area (Å²) in [6.07, 6.45) is -0.671. The van der Waals surface area contributed by atoms with E-state index in [1.807, 2.05) is 6.07 Å². The average Bonchev–Trinajstić information content (AvgIpc) is 2.63. The summed E-state index contributed by atoms with van der Waals surface area (Å²) in [5.41, 5.74) is 0.0300. The summed E-state index contributed by atoms with van der Waals surface area (Å²) >= 11 is 3.02. The second-order valence-corrected chi connectivity index (χ2v) is 8.06. The molecule has 0 spiro atoms. The lowest BCUT2D eigenvalue weighted by molar-refractivity contribution is -0.142. The highest BCUT2D eigenvalue weighted by atomic mass is 79.9. The molecule has 1 rings (SSSR count). The number of alkyl carbamates (subject to hydrolysis) is 1. The Balaban J connectivity index is 2.90. The van der Waals surface area contributed by atoms with Crippen LogP contribution in [0.1, 0.15) is 39.2 Å². The van der Waals surface area contributed by atoms with Gasteiger partial charge in [-0.1, -0.05) is 46.3 Å². The molecule has 0 radical (unpaired) electrons. The molecule has 1 aromatic carbocycles. The van der Waals surface area contributed by atoms with Gasteiger partial charge in [0, 0.05) is 12.8 Å². The number of carbonyl (C=O) groups is 4. The van der Waals surface area contributed by atoms with Gasteiger partial charge in [0.25, 0.3) is 0 Å². The standard InChI is InChI=1S/C20H27BrN2O6/c1-20(2,3)29-19(28)23-16(11-13-7-5-4-6-8-13)17(25)22-15(18(26)27)10-9-14(24)12-21/h4-8,15-16H,9-12H2,1-3H3,(H,22,25)(H,23,28)(H,26,27). The minimum atomic E-state index is -1.25. The summed E-state index contributed by atoms with van der Waals surface area (Å²) in [5.74, 6) is -2.09. The molecule has 0 bridgehead atoms. The Labute approximate surface area is 178 Å². The average molecular weight is 471 g/mol. The Bertz CT molecular complexity index is 717. The summed E-state index contributed by atoms with van der Waals surface area (Å²) in [7, 11) is 0. The number of alkyl halides is 1. The van der Waals surface area contributed by atoms with Crippen LogP contribution in [0.5, 0.6) is 0 Å². The Morgan fingerprint density at radius 2 is 1.69 bits per heavy atom. The predicted molar refractivity (Wildman–Crippen MR) is 111 cm³/mol. The monoisotopic (exact) mass is 470 g/mol. The van der Waals surface area contributed by atoms with Crippen molar-refractivity contribution in [2.24, 2.45) is 0 Å². The normalized spacial score (nSPS) is 13.1. The second kappa shape index (κ2) is 11.5. The molecule has 9 heteroatoms. The van der Waals surface area contributed by atoms with Crippen LogP contribution in [0, 0.1) is 0 Å². The van der Waals surface area contributed by atoms with Crippen molar-refractivity contribution in [3.8, 4) is 0 Å². The molecule has 0 saturated carbocycles. The maximum Gasteiger partial charge on any atom is 0.408 e. The summed E-state index contributed by atoms with van der Waals surface area (Å²) in [4.78, 5) is 47.8. The number of Topliss-reactive ketones (excluding diaryl/α,β-unsaturated/α-hetero) is 1. The molecule has 3 N–H and O–H groups in total. The summed E-state index contributed by atoms with van der Waals surface area (Å²) < 4.78 is 5.21. The SMILES string of the molecule is CC(C)(C)OC(=O)NC(Cc1ccccc1)C(=O)NC(CCC(=O)CBr)C(=O)O. The van der Waals surface area contributed by atoms with Gasteiger partial charge in [0.2, 0.25) is 5.91 Å². The first-order chi connectivity index (χ1) is 13.5. The van der Waals surface area contributed by atoms with E-state index in [1.165, 1.54) is 0 Å². The summed E-state index contributed by atoms with van der Waals surface area (Å²) in [6.45, 7) is 5.08. The molecule has 2 unspecified atom stereocenters. The van der Waals surface area contributed by atoms with Gasteiger partial charge in [-0.25, -0.2) is 9.59 Å². The lowest BCUT2D eigenvalue weighted by Crippen LogP contribution is -2.53. The van der Waals surface area contributed by atoms with Crippen LogP contribution >= 0.6 is 15.9 Å². The van der Waals surface area contributed by atoms with Crippen molar-refractivity contribution in [3.63, 3.8) is 0 Å².